The molecule has 56 valence electrons. The molecule has 0 aromatic heterocycles. The summed E-state index contributed by atoms with van der Waals surface area (Å²) in [5, 5.41) is 0. The van der Waals surface area contributed by atoms with Gasteiger partial charge in [0.2, 0.25) is 0 Å². The van der Waals surface area contributed by atoms with Crippen LogP contribution in [0.15, 0.2) is 11.6 Å². The van der Waals surface area contributed by atoms with Crippen LogP contribution in [0.5, 0.6) is 0 Å². The molecule has 0 aliphatic heterocycles. The molecule has 0 aliphatic carbocycles. The highest BCUT2D eigenvalue weighted by molar-refractivity contribution is 5.27. The van der Waals surface area contributed by atoms with Gasteiger partial charge in [-0.15, -0.1) is 6.42 Å². The van der Waals surface area contributed by atoms with E-state index in [9.17, 15) is 0 Å². The van der Waals surface area contributed by atoms with E-state index < -0.39 is 0 Å². The van der Waals surface area contributed by atoms with Crippen LogP contribution in [0.2, 0.25) is 0 Å². The van der Waals surface area contributed by atoms with Gasteiger partial charge in [-0.1, -0.05) is 39.7 Å². The van der Waals surface area contributed by atoms with Crippen molar-refractivity contribution in [1.82, 2.24) is 0 Å². The van der Waals surface area contributed by atoms with Crippen LogP contribution < -0.4 is 0 Å². The Labute approximate surface area is 64.3 Å². The average molecular weight is 136 g/mol. The first-order valence-corrected chi connectivity index (χ1v) is 3.76. The fraction of sp³-hybridized carbons (Fsp3) is 0.600. The Kier molecular flexibility index (Phi) is 3.88. The monoisotopic (exact) mass is 136 g/mol. The third-order valence-electron chi connectivity index (χ3n) is 1.30. The predicted octanol–water partition coefficient (Wildman–Crippen LogP) is 2.86. The number of terminal acetylenes is 1. The molecule has 0 heteroatoms. The Balaban J connectivity index is 4.23. The lowest BCUT2D eigenvalue weighted by atomic mass is 10.0. The van der Waals surface area contributed by atoms with Gasteiger partial charge < -0.3 is 0 Å². The average Bonchev–Trinajstić information content (AvgIpc) is 1.81. The first kappa shape index (κ1) is 9.30. The van der Waals surface area contributed by atoms with E-state index in [1.807, 2.05) is 0 Å². The van der Waals surface area contributed by atoms with Crippen molar-refractivity contribution in [2.75, 3.05) is 0 Å². The quantitative estimate of drug-likeness (QED) is 0.512. The molecule has 0 aromatic carbocycles. The highest BCUT2D eigenvalue weighted by Gasteiger charge is 1.98. The third kappa shape index (κ3) is 3.35. The normalized spacial score (nSPS) is 12.3. The SMILES string of the molecule is C#CC(=CC(C)C)C(C)C. The van der Waals surface area contributed by atoms with E-state index in [1.54, 1.807) is 0 Å². The highest BCUT2D eigenvalue weighted by atomic mass is 14.0. The van der Waals surface area contributed by atoms with Crippen LogP contribution in [0.3, 0.4) is 0 Å². The van der Waals surface area contributed by atoms with Crippen molar-refractivity contribution >= 4 is 0 Å². The van der Waals surface area contributed by atoms with Crippen molar-refractivity contribution in [3.05, 3.63) is 11.6 Å². The Morgan fingerprint density at radius 2 is 1.80 bits per heavy atom. The van der Waals surface area contributed by atoms with Gasteiger partial charge in [0.1, 0.15) is 0 Å². The lowest BCUT2D eigenvalue weighted by molar-refractivity contribution is 0.755. The summed E-state index contributed by atoms with van der Waals surface area (Å²) < 4.78 is 0. The molecule has 0 rings (SSSR count). The Morgan fingerprint density at radius 1 is 1.30 bits per heavy atom. The van der Waals surface area contributed by atoms with E-state index in [4.69, 9.17) is 6.42 Å². The molecule has 0 fully saturated rings. The van der Waals surface area contributed by atoms with Gasteiger partial charge in [-0.3, -0.25) is 0 Å². The van der Waals surface area contributed by atoms with Gasteiger partial charge in [0.05, 0.1) is 0 Å². The summed E-state index contributed by atoms with van der Waals surface area (Å²) in [4.78, 5) is 0. The number of allylic oxidation sites excluding steroid dienone is 2. The molecule has 0 bridgehead atoms. The maximum Gasteiger partial charge on any atom is 0.000578 e. The third-order valence-corrected chi connectivity index (χ3v) is 1.30. The van der Waals surface area contributed by atoms with Crippen molar-refractivity contribution in [2.24, 2.45) is 11.8 Å². The van der Waals surface area contributed by atoms with Crippen LogP contribution in [-0.2, 0) is 0 Å². The van der Waals surface area contributed by atoms with E-state index in [0.29, 0.717) is 11.8 Å². The molecule has 0 amide bonds. The van der Waals surface area contributed by atoms with E-state index in [2.05, 4.69) is 39.7 Å². The molecular weight excluding hydrogens is 120 g/mol. The lowest BCUT2D eigenvalue weighted by Crippen LogP contribution is -1.93. The zero-order chi connectivity index (χ0) is 8.15. The van der Waals surface area contributed by atoms with Crippen LogP contribution in [0.4, 0.5) is 0 Å². The summed E-state index contributed by atoms with van der Waals surface area (Å²) in [6, 6.07) is 0. The van der Waals surface area contributed by atoms with Gasteiger partial charge in [0.15, 0.2) is 0 Å². The number of rotatable bonds is 2. The van der Waals surface area contributed by atoms with Crippen molar-refractivity contribution in [2.45, 2.75) is 27.7 Å². The van der Waals surface area contributed by atoms with Crippen LogP contribution in [0.25, 0.3) is 0 Å². The largest absolute Gasteiger partial charge is 0.115 e. The lowest BCUT2D eigenvalue weighted by Gasteiger charge is -2.04. The van der Waals surface area contributed by atoms with Crippen molar-refractivity contribution in [3.8, 4) is 12.3 Å². The minimum absolute atomic E-state index is 0.493. The summed E-state index contributed by atoms with van der Waals surface area (Å²) in [6.07, 6.45) is 7.45. The molecule has 0 N–H and O–H groups in total. The molecule has 0 aromatic rings. The Bertz CT molecular complexity index is 153. The second kappa shape index (κ2) is 4.17. The minimum atomic E-state index is 0.493. The Morgan fingerprint density at radius 3 is 1.90 bits per heavy atom. The molecule has 10 heavy (non-hydrogen) atoms. The first-order valence-electron chi connectivity index (χ1n) is 3.76. The molecule has 0 unspecified atom stereocenters. The van der Waals surface area contributed by atoms with Gasteiger partial charge in [-0.2, -0.15) is 0 Å². The molecule has 0 heterocycles. The van der Waals surface area contributed by atoms with Crippen LogP contribution in [0, 0.1) is 24.2 Å². The predicted molar refractivity (Wildman–Crippen MR) is 46.6 cm³/mol. The number of hydrogen-bond acceptors (Lipinski definition) is 0. The standard InChI is InChI=1S/C10H16/c1-6-10(9(4)5)7-8(2)3/h1,7-9H,2-5H3. The zero-order valence-corrected chi connectivity index (χ0v) is 7.31. The minimum Gasteiger partial charge on any atom is -0.115 e. The fourth-order valence-corrected chi connectivity index (χ4v) is 0.766. The topological polar surface area (TPSA) is 0 Å². The van der Waals surface area contributed by atoms with E-state index in [1.165, 1.54) is 0 Å². The van der Waals surface area contributed by atoms with Crippen LogP contribution in [0.1, 0.15) is 27.7 Å². The fourth-order valence-electron chi connectivity index (χ4n) is 0.766. The van der Waals surface area contributed by atoms with Gasteiger partial charge >= 0.3 is 0 Å². The van der Waals surface area contributed by atoms with E-state index >= 15 is 0 Å². The highest BCUT2D eigenvalue weighted by Crippen LogP contribution is 2.10. The van der Waals surface area contributed by atoms with Crippen LogP contribution in [-0.4, -0.2) is 0 Å². The van der Waals surface area contributed by atoms with Crippen molar-refractivity contribution < 1.29 is 0 Å². The van der Waals surface area contributed by atoms with Crippen molar-refractivity contribution in [3.63, 3.8) is 0 Å². The maximum absolute atomic E-state index is 5.30. The molecule has 0 atom stereocenters. The first-order chi connectivity index (χ1) is 4.57. The van der Waals surface area contributed by atoms with Gasteiger partial charge in [0, 0.05) is 5.57 Å². The molecule has 0 aliphatic rings. The zero-order valence-electron chi connectivity index (χ0n) is 7.31. The summed E-state index contributed by atoms with van der Waals surface area (Å²) in [7, 11) is 0. The summed E-state index contributed by atoms with van der Waals surface area (Å²) >= 11 is 0. The van der Waals surface area contributed by atoms with Crippen LogP contribution >= 0.6 is 0 Å². The van der Waals surface area contributed by atoms with Gasteiger partial charge in [-0.05, 0) is 11.8 Å². The summed E-state index contributed by atoms with van der Waals surface area (Å²) in [6.45, 7) is 8.52. The summed E-state index contributed by atoms with van der Waals surface area (Å²) in [5.41, 5.74) is 1.12. The molecule has 0 radical (unpaired) electrons. The molecule has 0 spiro atoms. The molecule has 0 nitrogen and oxygen atoms in total. The van der Waals surface area contributed by atoms with Crippen molar-refractivity contribution in [1.29, 1.82) is 0 Å². The van der Waals surface area contributed by atoms with Gasteiger partial charge in [0.25, 0.3) is 0 Å². The number of hydrogen-bond donors (Lipinski definition) is 0. The molecule has 0 saturated heterocycles. The summed E-state index contributed by atoms with van der Waals surface area (Å²) in [5.74, 6) is 3.75. The molecular formula is C10H16. The Hall–Kier alpha value is -0.700. The maximum atomic E-state index is 5.30. The second-order valence-corrected chi connectivity index (χ2v) is 3.17. The van der Waals surface area contributed by atoms with Gasteiger partial charge in [-0.25, -0.2) is 0 Å². The van der Waals surface area contributed by atoms with E-state index in [0.717, 1.165) is 5.57 Å². The smallest absolute Gasteiger partial charge is 0.000578 e. The van der Waals surface area contributed by atoms with E-state index in [-0.39, 0.29) is 0 Å². The molecule has 0 saturated carbocycles. The second-order valence-electron chi connectivity index (χ2n) is 3.17.